The van der Waals surface area contributed by atoms with Crippen LogP contribution in [0.1, 0.15) is 48.2 Å². The molecule has 1 aliphatic rings. The molecule has 2 amide bonds. The van der Waals surface area contributed by atoms with Crippen molar-refractivity contribution in [1.29, 1.82) is 0 Å². The highest BCUT2D eigenvalue weighted by molar-refractivity contribution is 5.74. The number of hydrogen-bond donors (Lipinski definition) is 2. The summed E-state index contributed by atoms with van der Waals surface area (Å²) in [5, 5.41) is 9.97. The van der Waals surface area contributed by atoms with E-state index in [1.54, 1.807) is 10.9 Å². The number of urea groups is 1. The summed E-state index contributed by atoms with van der Waals surface area (Å²) >= 11 is 0. The normalized spacial score (nSPS) is 14.9. The predicted molar refractivity (Wildman–Crippen MR) is 90.1 cm³/mol. The zero-order valence-electron chi connectivity index (χ0n) is 13.8. The summed E-state index contributed by atoms with van der Waals surface area (Å²) in [5.41, 5.74) is 5.05. The molecule has 1 aliphatic carbocycles. The molecule has 5 heteroatoms. The zero-order chi connectivity index (χ0) is 16.2. The van der Waals surface area contributed by atoms with Crippen molar-refractivity contribution >= 4 is 6.03 Å². The topological polar surface area (TPSA) is 59.0 Å². The maximum absolute atomic E-state index is 12.1. The second kappa shape index (κ2) is 6.86. The van der Waals surface area contributed by atoms with Crippen molar-refractivity contribution in [3.05, 3.63) is 52.8 Å². The number of amides is 2. The fourth-order valence-corrected chi connectivity index (χ4v) is 3.10. The molecular formula is C18H24N4O. The Bertz CT molecular complexity index is 692. The number of carbonyl (C=O) groups is 1. The molecule has 0 spiro atoms. The first-order chi connectivity index (χ1) is 11.1. The van der Waals surface area contributed by atoms with Gasteiger partial charge in [-0.05, 0) is 55.4 Å². The molecule has 0 saturated carbocycles. The van der Waals surface area contributed by atoms with Crippen molar-refractivity contribution < 1.29 is 4.79 Å². The Hall–Kier alpha value is -2.30. The van der Waals surface area contributed by atoms with E-state index in [2.05, 4.69) is 33.9 Å². The number of hydrogen-bond acceptors (Lipinski definition) is 2. The predicted octanol–water partition coefficient (Wildman–Crippen LogP) is 2.86. The van der Waals surface area contributed by atoms with E-state index >= 15 is 0 Å². The summed E-state index contributed by atoms with van der Waals surface area (Å²) < 4.78 is 1.76. The molecule has 1 heterocycles. The summed E-state index contributed by atoms with van der Waals surface area (Å²) in [4.78, 5) is 12.1. The van der Waals surface area contributed by atoms with Gasteiger partial charge in [-0.1, -0.05) is 18.2 Å². The lowest BCUT2D eigenvalue weighted by atomic mass is 9.89. The van der Waals surface area contributed by atoms with Crippen molar-refractivity contribution in [3.8, 4) is 0 Å². The summed E-state index contributed by atoms with van der Waals surface area (Å²) in [6.07, 6.45) is 6.62. The molecule has 23 heavy (non-hydrogen) atoms. The minimum absolute atomic E-state index is 0.00577. The van der Waals surface area contributed by atoms with E-state index in [-0.39, 0.29) is 12.1 Å². The fourth-order valence-electron chi connectivity index (χ4n) is 3.10. The van der Waals surface area contributed by atoms with Crippen LogP contribution in [0, 0.1) is 0 Å². The molecule has 1 aromatic carbocycles. The molecule has 3 rings (SSSR count). The lowest BCUT2D eigenvalue weighted by Gasteiger charge is -2.20. The molecule has 0 saturated heterocycles. The summed E-state index contributed by atoms with van der Waals surface area (Å²) in [5.74, 6) is 0. The van der Waals surface area contributed by atoms with Crippen LogP contribution in [0.2, 0.25) is 0 Å². The first-order valence-corrected chi connectivity index (χ1v) is 8.26. The second-order valence-corrected chi connectivity index (χ2v) is 6.23. The standard InChI is InChI=1S/C18H24N4O/c1-13(15-8-7-14-5-3-4-6-16(14)11-15)21-18(23)19-12-17-9-10-20-22(17)2/h7-11,13H,3-6,12H2,1-2H3,(H2,19,21,23). The average Bonchev–Trinajstić information content (AvgIpc) is 2.97. The minimum Gasteiger partial charge on any atom is -0.333 e. The Labute approximate surface area is 137 Å². The van der Waals surface area contributed by atoms with Gasteiger partial charge in [-0.15, -0.1) is 0 Å². The number of benzene rings is 1. The van der Waals surface area contributed by atoms with Gasteiger partial charge in [0.25, 0.3) is 0 Å². The molecule has 1 unspecified atom stereocenters. The van der Waals surface area contributed by atoms with Gasteiger partial charge in [0.1, 0.15) is 0 Å². The maximum atomic E-state index is 12.1. The van der Waals surface area contributed by atoms with Crippen LogP contribution in [0.15, 0.2) is 30.5 Å². The van der Waals surface area contributed by atoms with Gasteiger partial charge in [-0.3, -0.25) is 4.68 Å². The van der Waals surface area contributed by atoms with E-state index in [9.17, 15) is 4.79 Å². The van der Waals surface area contributed by atoms with E-state index in [0.29, 0.717) is 6.54 Å². The van der Waals surface area contributed by atoms with Gasteiger partial charge < -0.3 is 10.6 Å². The summed E-state index contributed by atoms with van der Waals surface area (Å²) in [7, 11) is 1.87. The molecular weight excluding hydrogens is 288 g/mol. The SMILES string of the molecule is CC(NC(=O)NCc1ccnn1C)c1ccc2c(c1)CCCC2. The van der Waals surface area contributed by atoms with E-state index < -0.39 is 0 Å². The van der Waals surface area contributed by atoms with Crippen LogP contribution < -0.4 is 10.6 Å². The molecule has 122 valence electrons. The Morgan fingerprint density at radius 3 is 2.78 bits per heavy atom. The zero-order valence-corrected chi connectivity index (χ0v) is 13.8. The number of rotatable bonds is 4. The molecule has 1 aromatic heterocycles. The number of nitrogens with zero attached hydrogens (tertiary/aromatic N) is 2. The van der Waals surface area contributed by atoms with Crippen molar-refractivity contribution in [2.24, 2.45) is 7.05 Å². The first-order valence-electron chi connectivity index (χ1n) is 8.26. The van der Waals surface area contributed by atoms with Gasteiger partial charge in [-0.25, -0.2) is 4.79 Å². The van der Waals surface area contributed by atoms with E-state index in [0.717, 1.165) is 12.1 Å². The number of carbonyl (C=O) groups excluding carboxylic acids is 1. The number of nitrogens with one attached hydrogen (secondary N) is 2. The highest BCUT2D eigenvalue weighted by Gasteiger charge is 2.14. The van der Waals surface area contributed by atoms with Crippen LogP contribution >= 0.6 is 0 Å². The van der Waals surface area contributed by atoms with Crippen molar-refractivity contribution in [2.45, 2.75) is 45.2 Å². The molecule has 0 radical (unpaired) electrons. The van der Waals surface area contributed by atoms with Crippen LogP contribution in [0.5, 0.6) is 0 Å². The lowest BCUT2D eigenvalue weighted by Crippen LogP contribution is -2.37. The van der Waals surface area contributed by atoms with Crippen LogP contribution in [0.4, 0.5) is 4.79 Å². The van der Waals surface area contributed by atoms with Gasteiger partial charge in [0.05, 0.1) is 18.3 Å². The molecule has 2 N–H and O–H groups in total. The Morgan fingerprint density at radius 1 is 1.26 bits per heavy atom. The average molecular weight is 312 g/mol. The minimum atomic E-state index is -0.156. The maximum Gasteiger partial charge on any atom is 0.315 e. The third kappa shape index (κ3) is 3.73. The Balaban J connectivity index is 1.57. The Kier molecular flexibility index (Phi) is 4.65. The smallest absolute Gasteiger partial charge is 0.315 e. The third-order valence-electron chi connectivity index (χ3n) is 4.57. The molecule has 2 aromatic rings. The Morgan fingerprint density at radius 2 is 2.04 bits per heavy atom. The van der Waals surface area contributed by atoms with E-state index in [1.165, 1.54) is 36.0 Å². The number of fused-ring (bicyclic) bond motifs is 1. The van der Waals surface area contributed by atoms with Crippen LogP contribution in [0.3, 0.4) is 0 Å². The lowest BCUT2D eigenvalue weighted by molar-refractivity contribution is 0.237. The van der Waals surface area contributed by atoms with Gasteiger partial charge in [0, 0.05) is 13.2 Å². The van der Waals surface area contributed by atoms with Gasteiger partial charge in [-0.2, -0.15) is 5.10 Å². The second-order valence-electron chi connectivity index (χ2n) is 6.23. The number of aryl methyl sites for hydroxylation is 3. The molecule has 0 fully saturated rings. The van der Waals surface area contributed by atoms with Crippen molar-refractivity contribution in [1.82, 2.24) is 20.4 Å². The third-order valence-corrected chi connectivity index (χ3v) is 4.57. The molecule has 5 nitrogen and oxygen atoms in total. The molecule has 0 aliphatic heterocycles. The van der Waals surface area contributed by atoms with Crippen LogP contribution in [-0.2, 0) is 26.4 Å². The van der Waals surface area contributed by atoms with E-state index in [4.69, 9.17) is 0 Å². The molecule has 0 bridgehead atoms. The largest absolute Gasteiger partial charge is 0.333 e. The quantitative estimate of drug-likeness (QED) is 0.912. The van der Waals surface area contributed by atoms with Crippen LogP contribution in [0.25, 0.3) is 0 Å². The summed E-state index contributed by atoms with van der Waals surface area (Å²) in [6, 6.07) is 8.34. The first kappa shape index (κ1) is 15.6. The number of aromatic nitrogens is 2. The fraction of sp³-hybridized carbons (Fsp3) is 0.444. The van der Waals surface area contributed by atoms with Gasteiger partial charge in [0.2, 0.25) is 0 Å². The monoisotopic (exact) mass is 312 g/mol. The highest BCUT2D eigenvalue weighted by atomic mass is 16.2. The van der Waals surface area contributed by atoms with Gasteiger partial charge in [0.15, 0.2) is 0 Å². The van der Waals surface area contributed by atoms with E-state index in [1.807, 2.05) is 20.0 Å². The highest BCUT2D eigenvalue weighted by Crippen LogP contribution is 2.24. The van der Waals surface area contributed by atoms with Crippen LogP contribution in [-0.4, -0.2) is 15.8 Å². The summed E-state index contributed by atoms with van der Waals surface area (Å²) in [6.45, 7) is 2.49. The van der Waals surface area contributed by atoms with Crippen molar-refractivity contribution in [3.63, 3.8) is 0 Å². The van der Waals surface area contributed by atoms with Gasteiger partial charge >= 0.3 is 6.03 Å². The van der Waals surface area contributed by atoms with Crippen molar-refractivity contribution in [2.75, 3.05) is 0 Å². The molecule has 1 atom stereocenters.